The number of nitrogens with zero attached hydrogens (tertiary/aromatic N) is 5. The Bertz CT molecular complexity index is 1930. The maximum absolute atomic E-state index is 17.2. The van der Waals surface area contributed by atoms with Crippen molar-refractivity contribution in [3.63, 3.8) is 0 Å². The fourth-order valence-corrected chi connectivity index (χ4v) is 8.52. The van der Waals surface area contributed by atoms with Gasteiger partial charge in [-0.15, -0.1) is 0 Å². The Labute approximate surface area is 285 Å². The molecule has 0 spiro atoms. The molecule has 6 bridgehead atoms. The third-order valence-electron chi connectivity index (χ3n) is 10.7. The summed E-state index contributed by atoms with van der Waals surface area (Å²) >= 11 is 0. The molecule has 7 heterocycles. The zero-order chi connectivity index (χ0) is 33.8. The normalized spacial score (nSPS) is 25.8. The second kappa shape index (κ2) is 12.5. The molecule has 5 aliphatic rings. The van der Waals surface area contributed by atoms with Crippen LogP contribution in [0.3, 0.4) is 0 Å². The number of hydrogen-bond donors (Lipinski definition) is 1. The number of alkyl halides is 1. The highest BCUT2D eigenvalue weighted by Gasteiger charge is 2.49. The van der Waals surface area contributed by atoms with Gasteiger partial charge in [0, 0.05) is 39.2 Å². The zero-order valence-electron chi connectivity index (χ0n) is 28.1. The Morgan fingerprint density at radius 2 is 2.02 bits per heavy atom. The number of anilines is 1. The second-order valence-electron chi connectivity index (χ2n) is 14.2. The standard InChI is InChI=1S/C37H42F2N6O4.H2/c1-3-47-26-16-24-9-4-8-23-10-5-15-48-35(46)43-36(2)11-6-13-44(21-36)33-28-19-40-31(27(17-26)29(23)24)30(39)32(28)41-34(42-33)49-22-37-12-7-14-45(37)20-25(38)18-37;/h4,8-9,16-17,19,25H,3,5-7,10-15,18,20-22H2,1-2H3,(H,43,46);1H/t25-,36-,37+;/m1./s1. The summed E-state index contributed by atoms with van der Waals surface area (Å²) in [7, 11) is 0. The highest BCUT2D eigenvalue weighted by molar-refractivity contribution is 6.01. The number of alkyl carbamates (subject to hydrolysis) is 1. The first-order chi connectivity index (χ1) is 23.7. The molecule has 10 nitrogen and oxygen atoms in total. The van der Waals surface area contributed by atoms with Crippen LogP contribution >= 0.6 is 0 Å². The van der Waals surface area contributed by atoms with Gasteiger partial charge in [-0.1, -0.05) is 18.2 Å². The van der Waals surface area contributed by atoms with Crippen LogP contribution in [-0.4, -0.2) is 89.2 Å². The van der Waals surface area contributed by atoms with Gasteiger partial charge in [-0.2, -0.15) is 9.97 Å². The average Bonchev–Trinajstić information content (AvgIpc) is 3.60. The van der Waals surface area contributed by atoms with Gasteiger partial charge >= 0.3 is 12.1 Å². The lowest BCUT2D eigenvalue weighted by atomic mass is 9.91. The molecule has 3 atom stereocenters. The third-order valence-corrected chi connectivity index (χ3v) is 10.7. The fraction of sp³-hybridized carbons (Fsp3) is 0.514. The number of pyridine rings is 1. The van der Waals surface area contributed by atoms with Crippen LogP contribution in [0.15, 0.2) is 36.5 Å². The number of carbonyl (C=O) groups excluding carboxylic acids is 1. The Morgan fingerprint density at radius 3 is 2.90 bits per heavy atom. The smallest absolute Gasteiger partial charge is 0.407 e. The Kier molecular flexibility index (Phi) is 8.16. The molecule has 0 unspecified atom stereocenters. The van der Waals surface area contributed by atoms with Crippen molar-refractivity contribution in [3.05, 3.63) is 47.9 Å². The van der Waals surface area contributed by atoms with Crippen LogP contribution in [0.2, 0.25) is 0 Å². The number of nitrogens with one attached hydrogen (secondary N) is 1. The van der Waals surface area contributed by atoms with Crippen LogP contribution in [-0.2, 0) is 11.2 Å². The lowest BCUT2D eigenvalue weighted by Gasteiger charge is -2.41. The van der Waals surface area contributed by atoms with E-state index in [9.17, 15) is 9.18 Å². The molecule has 0 saturated carbocycles. The number of amides is 1. The zero-order valence-corrected chi connectivity index (χ0v) is 28.1. The molecule has 49 heavy (non-hydrogen) atoms. The SMILES string of the molecule is CCOc1cc2c3c(cccc3c1)CCCOC(=O)N[C@]1(C)CCCN(C1)c1nc(OC[C@@]34CCCN3C[C@H](F)C4)nc3c(F)c-2ncc13.[HH]. The van der Waals surface area contributed by atoms with E-state index in [-0.39, 0.29) is 31.9 Å². The minimum atomic E-state index is -0.906. The number of aryl methyl sites for hydroxylation is 1. The van der Waals surface area contributed by atoms with E-state index < -0.39 is 29.2 Å². The highest BCUT2D eigenvalue weighted by Crippen LogP contribution is 2.42. The van der Waals surface area contributed by atoms with E-state index >= 15 is 4.39 Å². The summed E-state index contributed by atoms with van der Waals surface area (Å²) in [5, 5.41) is 5.28. The van der Waals surface area contributed by atoms with E-state index in [1.54, 1.807) is 6.20 Å². The van der Waals surface area contributed by atoms with Crippen molar-refractivity contribution in [2.45, 2.75) is 76.0 Å². The minimum Gasteiger partial charge on any atom is -0.494 e. The van der Waals surface area contributed by atoms with Crippen molar-refractivity contribution >= 4 is 33.6 Å². The van der Waals surface area contributed by atoms with Crippen LogP contribution < -0.4 is 19.7 Å². The predicted octanol–water partition coefficient (Wildman–Crippen LogP) is 6.62. The van der Waals surface area contributed by atoms with E-state index in [2.05, 4.69) is 10.2 Å². The van der Waals surface area contributed by atoms with E-state index in [0.29, 0.717) is 68.0 Å². The average molecular weight is 675 g/mol. The molecule has 3 fully saturated rings. The third kappa shape index (κ3) is 5.87. The molecule has 3 saturated heterocycles. The van der Waals surface area contributed by atoms with Gasteiger partial charge < -0.3 is 24.4 Å². The maximum atomic E-state index is 17.2. The summed E-state index contributed by atoms with van der Waals surface area (Å²) in [6.07, 6.45) is 5.17. The fourth-order valence-electron chi connectivity index (χ4n) is 8.52. The van der Waals surface area contributed by atoms with Crippen molar-refractivity contribution in [1.82, 2.24) is 25.2 Å². The molecule has 0 radical (unpaired) electrons. The quantitative estimate of drug-likeness (QED) is 0.251. The van der Waals surface area contributed by atoms with Gasteiger partial charge in [-0.25, -0.2) is 13.6 Å². The number of fused-ring (bicyclic) bond motifs is 7. The molecule has 0 aliphatic carbocycles. The molecule has 9 rings (SSSR count). The Morgan fingerprint density at radius 1 is 1.14 bits per heavy atom. The van der Waals surface area contributed by atoms with Gasteiger partial charge in [-0.3, -0.25) is 9.88 Å². The highest BCUT2D eigenvalue weighted by atomic mass is 19.1. The van der Waals surface area contributed by atoms with Crippen LogP contribution in [0.25, 0.3) is 32.9 Å². The first kappa shape index (κ1) is 31.9. The van der Waals surface area contributed by atoms with Crippen molar-refractivity contribution in [2.75, 3.05) is 50.9 Å². The molecule has 4 aromatic rings. The summed E-state index contributed by atoms with van der Waals surface area (Å²) < 4.78 is 49.7. The molecule has 260 valence electrons. The summed E-state index contributed by atoms with van der Waals surface area (Å²) in [4.78, 5) is 31.5. The van der Waals surface area contributed by atoms with Crippen LogP contribution in [0.5, 0.6) is 11.8 Å². The molecule has 1 amide bonds. The Hall–Kier alpha value is -4.32. The van der Waals surface area contributed by atoms with Crippen LogP contribution in [0, 0.1) is 5.82 Å². The number of benzene rings is 2. The number of carbonyl (C=O) groups is 1. The van der Waals surface area contributed by atoms with E-state index in [0.717, 1.165) is 48.6 Å². The number of piperidine rings is 1. The van der Waals surface area contributed by atoms with Crippen molar-refractivity contribution in [2.24, 2.45) is 0 Å². The van der Waals surface area contributed by atoms with Gasteiger partial charge in [0.1, 0.15) is 35.6 Å². The first-order valence-electron chi connectivity index (χ1n) is 17.5. The summed E-state index contributed by atoms with van der Waals surface area (Å²) in [5.74, 6) is 0.506. The second-order valence-corrected chi connectivity index (χ2v) is 14.2. The largest absolute Gasteiger partial charge is 0.494 e. The van der Waals surface area contributed by atoms with Gasteiger partial charge in [-0.05, 0) is 87.4 Å². The summed E-state index contributed by atoms with van der Waals surface area (Å²) in [6, 6.07) is 9.79. The van der Waals surface area contributed by atoms with Crippen LogP contribution in [0.1, 0.15) is 59.4 Å². The van der Waals surface area contributed by atoms with Gasteiger partial charge in [0.15, 0.2) is 5.82 Å². The Balaban J connectivity index is 0.00000392. The molecule has 2 aromatic carbocycles. The molecule has 2 aromatic heterocycles. The molecule has 1 N–H and O–H groups in total. The number of hydrogen-bond acceptors (Lipinski definition) is 9. The first-order valence-corrected chi connectivity index (χ1v) is 17.5. The topological polar surface area (TPSA) is 102 Å². The molecule has 5 aliphatic heterocycles. The lowest BCUT2D eigenvalue weighted by molar-refractivity contribution is 0.107. The van der Waals surface area contributed by atoms with Crippen molar-refractivity contribution in [1.29, 1.82) is 0 Å². The van der Waals surface area contributed by atoms with E-state index in [1.165, 1.54) is 0 Å². The van der Waals surface area contributed by atoms with E-state index in [1.807, 2.05) is 49.1 Å². The van der Waals surface area contributed by atoms with Crippen molar-refractivity contribution < 1.29 is 29.2 Å². The summed E-state index contributed by atoms with van der Waals surface area (Å²) in [5.41, 5.74) is 0.780. The monoisotopic (exact) mass is 674 g/mol. The molecule has 12 heteroatoms. The van der Waals surface area contributed by atoms with Gasteiger partial charge in [0.2, 0.25) is 0 Å². The number of rotatable bonds is 5. The number of aromatic nitrogens is 3. The molecular formula is C37H44F2N6O4. The predicted molar refractivity (Wildman–Crippen MR) is 185 cm³/mol. The van der Waals surface area contributed by atoms with Gasteiger partial charge in [0.05, 0.1) is 29.7 Å². The van der Waals surface area contributed by atoms with Gasteiger partial charge in [0.25, 0.3) is 0 Å². The maximum Gasteiger partial charge on any atom is 0.407 e. The van der Waals surface area contributed by atoms with E-state index in [4.69, 9.17) is 29.2 Å². The molecular weight excluding hydrogens is 630 g/mol. The van der Waals surface area contributed by atoms with Crippen molar-refractivity contribution in [3.8, 4) is 23.0 Å². The number of ether oxygens (including phenoxy) is 3. The lowest BCUT2D eigenvalue weighted by Crippen LogP contribution is -2.57. The summed E-state index contributed by atoms with van der Waals surface area (Å²) in [6.45, 7) is 7.08. The van der Waals surface area contributed by atoms with Crippen LogP contribution in [0.4, 0.5) is 19.4 Å². The minimum absolute atomic E-state index is 0. The number of halogens is 2.